The van der Waals surface area contributed by atoms with Crippen LogP contribution in [0.3, 0.4) is 0 Å². The number of hydrogen-bond donors (Lipinski definition) is 0. The van der Waals surface area contributed by atoms with Crippen molar-refractivity contribution in [3.63, 3.8) is 0 Å². The molecule has 0 radical (unpaired) electrons. The number of aromatic nitrogens is 2. The Morgan fingerprint density at radius 2 is 1.87 bits per heavy atom. The lowest BCUT2D eigenvalue weighted by molar-refractivity contribution is 0.0748. The predicted molar refractivity (Wildman–Crippen MR) is 122 cm³/mol. The fourth-order valence-electron chi connectivity index (χ4n) is 3.71. The molecule has 1 aliphatic rings. The average molecular weight is 437 g/mol. The highest BCUT2D eigenvalue weighted by Crippen LogP contribution is 2.37. The summed E-state index contributed by atoms with van der Waals surface area (Å²) in [5.41, 5.74) is 1.09. The molecule has 0 spiro atoms. The molecule has 30 heavy (non-hydrogen) atoms. The van der Waals surface area contributed by atoms with E-state index in [1.54, 1.807) is 24.8 Å². The van der Waals surface area contributed by atoms with E-state index in [1.165, 1.54) is 11.3 Å². The number of hydrogen-bond acceptors (Lipinski definition) is 7. The molecule has 5 rings (SSSR count). The van der Waals surface area contributed by atoms with Crippen molar-refractivity contribution in [3.05, 3.63) is 59.0 Å². The van der Waals surface area contributed by atoms with Crippen molar-refractivity contribution in [1.29, 1.82) is 0 Å². The first-order chi connectivity index (χ1) is 14.7. The second-order valence-corrected chi connectivity index (χ2v) is 8.94. The van der Waals surface area contributed by atoms with Crippen molar-refractivity contribution >= 4 is 44.6 Å². The fraction of sp³-hybridized carbons (Fsp3) is 0.227. The maximum atomic E-state index is 13.3. The maximum absolute atomic E-state index is 13.3. The predicted octanol–water partition coefficient (Wildman–Crippen LogP) is 4.39. The Labute approximate surface area is 182 Å². The van der Waals surface area contributed by atoms with Crippen LogP contribution < -0.4 is 9.64 Å². The van der Waals surface area contributed by atoms with Gasteiger partial charge in [0.2, 0.25) is 0 Å². The van der Waals surface area contributed by atoms with Crippen molar-refractivity contribution in [1.82, 2.24) is 14.9 Å². The van der Waals surface area contributed by atoms with Crippen molar-refractivity contribution < 1.29 is 9.53 Å². The van der Waals surface area contributed by atoms with E-state index in [4.69, 9.17) is 4.74 Å². The summed E-state index contributed by atoms with van der Waals surface area (Å²) in [7, 11) is 1.62. The van der Waals surface area contributed by atoms with E-state index >= 15 is 0 Å². The SMILES string of the molecule is COc1cc(-c2ccccc2)sc1C(=O)N1CCN(c2ncnc3sccc23)CC1. The molecule has 1 saturated heterocycles. The Kier molecular flexibility index (Phi) is 5.10. The van der Waals surface area contributed by atoms with Crippen LogP contribution in [0.2, 0.25) is 0 Å². The molecule has 8 heteroatoms. The molecular formula is C22H20N4O2S2. The minimum absolute atomic E-state index is 0.0297. The number of amides is 1. The van der Waals surface area contributed by atoms with Crippen molar-refractivity contribution in [3.8, 4) is 16.2 Å². The van der Waals surface area contributed by atoms with Gasteiger partial charge in [0.15, 0.2) is 0 Å². The normalized spacial score (nSPS) is 14.3. The molecule has 1 aromatic carbocycles. The molecule has 1 fully saturated rings. The minimum Gasteiger partial charge on any atom is -0.495 e. The Morgan fingerprint density at radius 1 is 1.07 bits per heavy atom. The van der Waals surface area contributed by atoms with Gasteiger partial charge in [0.05, 0.1) is 12.5 Å². The lowest BCUT2D eigenvalue weighted by atomic mass is 10.2. The lowest BCUT2D eigenvalue weighted by Gasteiger charge is -2.35. The number of piperazine rings is 1. The molecule has 1 amide bonds. The number of carbonyl (C=O) groups is 1. The van der Waals surface area contributed by atoms with Crippen molar-refractivity contribution in [2.24, 2.45) is 0 Å². The van der Waals surface area contributed by atoms with Gasteiger partial charge >= 0.3 is 0 Å². The minimum atomic E-state index is 0.0297. The number of fused-ring (bicyclic) bond motifs is 1. The van der Waals surface area contributed by atoms with Crippen LogP contribution in [0.15, 0.2) is 54.2 Å². The molecular weight excluding hydrogens is 416 g/mol. The van der Waals surface area contributed by atoms with E-state index in [1.807, 2.05) is 46.7 Å². The van der Waals surface area contributed by atoms with E-state index in [0.717, 1.165) is 39.6 Å². The zero-order valence-electron chi connectivity index (χ0n) is 16.4. The summed E-state index contributed by atoms with van der Waals surface area (Å²) in [5.74, 6) is 1.62. The highest BCUT2D eigenvalue weighted by atomic mass is 32.1. The third-order valence-electron chi connectivity index (χ3n) is 5.28. The van der Waals surface area contributed by atoms with Gasteiger partial charge in [-0.3, -0.25) is 4.79 Å². The third kappa shape index (κ3) is 3.42. The highest BCUT2D eigenvalue weighted by Gasteiger charge is 2.27. The highest BCUT2D eigenvalue weighted by molar-refractivity contribution is 7.17. The van der Waals surface area contributed by atoms with Gasteiger partial charge in [0.1, 0.15) is 27.6 Å². The smallest absolute Gasteiger partial charge is 0.267 e. The molecule has 152 valence electrons. The van der Waals surface area contributed by atoms with E-state index in [9.17, 15) is 4.79 Å². The first kappa shape index (κ1) is 19.0. The Balaban J connectivity index is 1.34. The number of methoxy groups -OCH3 is 1. The van der Waals surface area contributed by atoms with E-state index in [-0.39, 0.29) is 5.91 Å². The van der Waals surface area contributed by atoms with Crippen LogP contribution >= 0.6 is 22.7 Å². The Bertz CT molecular complexity index is 1180. The molecule has 0 atom stereocenters. The van der Waals surface area contributed by atoms with Crippen LogP contribution in [0.1, 0.15) is 9.67 Å². The molecule has 0 unspecified atom stereocenters. The summed E-state index contributed by atoms with van der Waals surface area (Å²) in [6.07, 6.45) is 1.62. The van der Waals surface area contributed by atoms with Crippen LogP contribution in [0.25, 0.3) is 20.7 Å². The largest absolute Gasteiger partial charge is 0.495 e. The monoisotopic (exact) mass is 436 g/mol. The molecule has 0 aliphatic carbocycles. The fourth-order valence-corrected chi connectivity index (χ4v) is 5.54. The second kappa shape index (κ2) is 8.04. The number of nitrogens with zero attached hydrogens (tertiary/aromatic N) is 4. The molecule has 0 N–H and O–H groups in total. The van der Waals surface area contributed by atoms with E-state index in [2.05, 4.69) is 20.9 Å². The van der Waals surface area contributed by atoms with Gasteiger partial charge in [-0.2, -0.15) is 0 Å². The summed E-state index contributed by atoms with van der Waals surface area (Å²) < 4.78 is 5.53. The Hall–Kier alpha value is -2.97. The molecule has 4 heterocycles. The summed E-state index contributed by atoms with van der Waals surface area (Å²) in [4.78, 5) is 28.9. The van der Waals surface area contributed by atoms with Gasteiger partial charge in [0, 0.05) is 31.1 Å². The molecule has 0 saturated carbocycles. The number of benzene rings is 1. The average Bonchev–Trinajstić information content (AvgIpc) is 3.46. The van der Waals surface area contributed by atoms with Crippen LogP contribution in [0.4, 0.5) is 5.82 Å². The van der Waals surface area contributed by atoms with Gasteiger partial charge in [-0.15, -0.1) is 22.7 Å². The van der Waals surface area contributed by atoms with E-state index < -0.39 is 0 Å². The standard InChI is InChI=1S/C22H20N4O2S2/c1-28-17-13-18(15-5-3-2-4-6-15)30-19(17)22(27)26-10-8-25(9-11-26)20-16-7-12-29-21(16)24-14-23-20/h2-7,12-14H,8-11H2,1H3. The summed E-state index contributed by atoms with van der Waals surface area (Å²) in [5, 5.41) is 3.12. The first-order valence-electron chi connectivity index (χ1n) is 9.70. The van der Waals surface area contributed by atoms with Gasteiger partial charge in [-0.05, 0) is 23.1 Å². The van der Waals surface area contributed by atoms with Crippen molar-refractivity contribution in [2.75, 3.05) is 38.2 Å². The number of ether oxygens (including phenoxy) is 1. The lowest BCUT2D eigenvalue weighted by Crippen LogP contribution is -2.49. The number of anilines is 1. The second-order valence-electron chi connectivity index (χ2n) is 6.99. The summed E-state index contributed by atoms with van der Waals surface area (Å²) in [6, 6.07) is 14.1. The number of carbonyl (C=O) groups excluding carboxylic acids is 1. The van der Waals surface area contributed by atoms with Crippen LogP contribution in [-0.4, -0.2) is 54.1 Å². The summed E-state index contributed by atoms with van der Waals surface area (Å²) >= 11 is 3.11. The van der Waals surface area contributed by atoms with Crippen LogP contribution in [-0.2, 0) is 0 Å². The molecule has 0 bridgehead atoms. The molecule has 6 nitrogen and oxygen atoms in total. The zero-order valence-corrected chi connectivity index (χ0v) is 18.1. The van der Waals surface area contributed by atoms with Gasteiger partial charge in [-0.1, -0.05) is 30.3 Å². The zero-order chi connectivity index (χ0) is 20.5. The maximum Gasteiger partial charge on any atom is 0.267 e. The Morgan fingerprint density at radius 3 is 2.63 bits per heavy atom. The van der Waals surface area contributed by atoms with Gasteiger partial charge in [-0.25, -0.2) is 9.97 Å². The first-order valence-corrected chi connectivity index (χ1v) is 11.4. The van der Waals surface area contributed by atoms with Gasteiger partial charge in [0.25, 0.3) is 5.91 Å². The summed E-state index contributed by atoms with van der Waals surface area (Å²) in [6.45, 7) is 2.78. The molecule has 4 aromatic rings. The third-order valence-corrected chi connectivity index (χ3v) is 7.25. The van der Waals surface area contributed by atoms with E-state index in [0.29, 0.717) is 23.7 Å². The van der Waals surface area contributed by atoms with Crippen molar-refractivity contribution in [2.45, 2.75) is 0 Å². The van der Waals surface area contributed by atoms with Crippen LogP contribution in [0.5, 0.6) is 5.75 Å². The number of rotatable bonds is 4. The number of thiophene rings is 2. The topological polar surface area (TPSA) is 58.6 Å². The quantitative estimate of drug-likeness (QED) is 0.475. The molecule has 1 aliphatic heterocycles. The van der Waals surface area contributed by atoms with Gasteiger partial charge < -0.3 is 14.5 Å². The molecule has 3 aromatic heterocycles. The van der Waals surface area contributed by atoms with Crippen LogP contribution in [0, 0.1) is 0 Å².